The van der Waals surface area contributed by atoms with Crippen LogP contribution in [-0.4, -0.2) is 114 Å². The number of carbonyl (C=O) groups excluding carboxylic acids is 3. The van der Waals surface area contributed by atoms with Gasteiger partial charge in [0.2, 0.25) is 11.7 Å². The molecule has 42 heavy (non-hydrogen) atoms. The fraction of sp³-hybridized carbons (Fsp3) is 0.444. The number of rotatable bonds is 8. The first kappa shape index (κ1) is 29.0. The van der Waals surface area contributed by atoms with Crippen LogP contribution in [-0.2, 0) is 14.3 Å². The molecule has 0 radical (unpaired) electrons. The van der Waals surface area contributed by atoms with Gasteiger partial charge in [-0.25, -0.2) is 23.5 Å². The fourth-order valence-corrected chi connectivity index (χ4v) is 5.02. The molecule has 224 valence electrons. The molecule has 5 rings (SSSR count). The standard InChI is InChI=1S/C27H32F2N8O5/c1-3-33(25(39)22-15-36-6-4-5-30-26(36)32-22)16-23(38)34-7-9-35(10-8-34)24-20(28)11-18(12-21(24)29)37-14-19(42-17-37)13-31-27(40)41-2/h4-6,11-12,15,19H,3,7-10,13-14,16-17H2,1-2H3,(H,31,40). The van der Waals surface area contributed by atoms with Gasteiger partial charge in [-0.05, 0) is 25.1 Å². The second-order valence-electron chi connectivity index (χ2n) is 9.91. The average molecular weight is 587 g/mol. The molecule has 0 spiro atoms. The third kappa shape index (κ3) is 6.20. The van der Waals surface area contributed by atoms with Gasteiger partial charge in [-0.3, -0.25) is 14.0 Å². The summed E-state index contributed by atoms with van der Waals surface area (Å²) in [6.07, 6.45) is 3.95. The summed E-state index contributed by atoms with van der Waals surface area (Å²) < 4.78 is 42.1. The number of methoxy groups -OCH3 is 1. The van der Waals surface area contributed by atoms with Crippen LogP contribution in [0.25, 0.3) is 5.78 Å². The van der Waals surface area contributed by atoms with Crippen LogP contribution in [0.5, 0.6) is 0 Å². The number of fused-ring (bicyclic) bond motifs is 1. The SMILES string of the molecule is CCN(CC(=O)N1CCN(c2c(F)cc(N3COC(CNC(=O)OC)C3)cc2F)CC1)C(=O)c1cn2cccnc2n1. The van der Waals surface area contributed by atoms with Crippen molar-refractivity contribution in [2.75, 3.05) is 76.0 Å². The van der Waals surface area contributed by atoms with Crippen molar-refractivity contribution in [1.29, 1.82) is 0 Å². The first-order valence-corrected chi connectivity index (χ1v) is 13.6. The van der Waals surface area contributed by atoms with Crippen LogP contribution >= 0.6 is 0 Å². The van der Waals surface area contributed by atoms with Crippen LogP contribution in [0.2, 0.25) is 0 Å². The van der Waals surface area contributed by atoms with E-state index in [1.165, 1.54) is 24.1 Å². The normalized spacial score (nSPS) is 17.0. The number of likely N-dealkylation sites (N-methyl/N-ethyl adjacent to an activating group) is 1. The quantitative estimate of drug-likeness (QED) is 0.416. The summed E-state index contributed by atoms with van der Waals surface area (Å²) in [6, 6.07) is 4.24. The largest absolute Gasteiger partial charge is 0.453 e. The fourth-order valence-electron chi connectivity index (χ4n) is 5.02. The predicted molar refractivity (Wildman–Crippen MR) is 147 cm³/mol. The highest BCUT2D eigenvalue weighted by Gasteiger charge is 2.30. The third-order valence-corrected chi connectivity index (χ3v) is 7.31. The van der Waals surface area contributed by atoms with E-state index >= 15 is 8.78 Å². The maximum absolute atomic E-state index is 15.2. The Hall–Kier alpha value is -4.53. The Morgan fingerprint density at radius 1 is 1.14 bits per heavy atom. The number of benzene rings is 1. The van der Waals surface area contributed by atoms with E-state index in [2.05, 4.69) is 20.0 Å². The van der Waals surface area contributed by atoms with E-state index in [-0.39, 0.29) is 75.3 Å². The Labute approximate surface area is 240 Å². The minimum atomic E-state index is -0.717. The Morgan fingerprint density at radius 2 is 1.88 bits per heavy atom. The van der Waals surface area contributed by atoms with E-state index in [0.717, 1.165) is 0 Å². The van der Waals surface area contributed by atoms with Gasteiger partial charge in [0.05, 0.1) is 13.2 Å². The molecule has 3 amide bonds. The van der Waals surface area contributed by atoms with Crippen LogP contribution < -0.4 is 15.1 Å². The van der Waals surface area contributed by atoms with Crippen LogP contribution in [0.4, 0.5) is 25.0 Å². The molecule has 15 heteroatoms. The number of imidazole rings is 1. The van der Waals surface area contributed by atoms with Crippen LogP contribution in [0.15, 0.2) is 36.8 Å². The van der Waals surface area contributed by atoms with Gasteiger partial charge in [0.25, 0.3) is 5.91 Å². The zero-order chi connectivity index (χ0) is 29.8. The van der Waals surface area contributed by atoms with Gasteiger partial charge in [-0.1, -0.05) is 0 Å². The van der Waals surface area contributed by atoms with Gasteiger partial charge in [0.1, 0.15) is 24.7 Å². The maximum atomic E-state index is 15.2. The topological polar surface area (TPSA) is 125 Å². The maximum Gasteiger partial charge on any atom is 0.406 e. The molecular formula is C27H32F2N8O5. The molecular weight excluding hydrogens is 554 g/mol. The summed E-state index contributed by atoms with van der Waals surface area (Å²) >= 11 is 0. The molecule has 2 saturated heterocycles. The van der Waals surface area contributed by atoms with E-state index in [0.29, 0.717) is 24.6 Å². The van der Waals surface area contributed by atoms with Crippen molar-refractivity contribution in [3.05, 3.63) is 54.1 Å². The average Bonchev–Trinajstić information content (AvgIpc) is 3.66. The number of hydrogen-bond donors (Lipinski definition) is 1. The highest BCUT2D eigenvalue weighted by Crippen LogP contribution is 2.31. The number of alkyl carbamates (subject to hydrolysis) is 1. The zero-order valence-corrected chi connectivity index (χ0v) is 23.3. The second kappa shape index (κ2) is 12.5. The van der Waals surface area contributed by atoms with Crippen molar-refractivity contribution in [3.8, 4) is 0 Å². The number of aromatic nitrogens is 3. The number of carbonyl (C=O) groups is 3. The number of nitrogens with one attached hydrogen (secondary N) is 1. The number of amides is 3. The highest BCUT2D eigenvalue weighted by molar-refractivity contribution is 5.95. The molecule has 1 atom stereocenters. The molecule has 3 aromatic rings. The molecule has 2 fully saturated rings. The van der Waals surface area contributed by atoms with Gasteiger partial charge >= 0.3 is 6.09 Å². The van der Waals surface area contributed by atoms with Crippen molar-refractivity contribution in [2.24, 2.45) is 0 Å². The monoisotopic (exact) mass is 586 g/mol. The Morgan fingerprint density at radius 3 is 2.55 bits per heavy atom. The number of halogens is 2. The van der Waals surface area contributed by atoms with E-state index in [9.17, 15) is 14.4 Å². The van der Waals surface area contributed by atoms with E-state index in [1.807, 2.05) is 0 Å². The molecule has 1 unspecified atom stereocenters. The molecule has 2 aliphatic rings. The summed E-state index contributed by atoms with van der Waals surface area (Å²) in [5.74, 6) is -1.68. The van der Waals surface area contributed by atoms with Crippen molar-refractivity contribution >= 4 is 35.1 Å². The zero-order valence-electron chi connectivity index (χ0n) is 23.3. The molecule has 1 aromatic carbocycles. The molecule has 0 saturated carbocycles. The van der Waals surface area contributed by atoms with Crippen LogP contribution in [0, 0.1) is 11.6 Å². The lowest BCUT2D eigenvalue weighted by Gasteiger charge is -2.37. The lowest BCUT2D eigenvalue weighted by molar-refractivity contribution is -0.132. The van der Waals surface area contributed by atoms with E-state index < -0.39 is 17.7 Å². The van der Waals surface area contributed by atoms with Gasteiger partial charge < -0.3 is 34.4 Å². The van der Waals surface area contributed by atoms with E-state index in [1.54, 1.807) is 50.7 Å². The lowest BCUT2D eigenvalue weighted by Crippen LogP contribution is -2.52. The van der Waals surface area contributed by atoms with Gasteiger partial charge in [0, 0.05) is 70.1 Å². The van der Waals surface area contributed by atoms with Crippen molar-refractivity contribution in [3.63, 3.8) is 0 Å². The van der Waals surface area contributed by atoms with Gasteiger partial charge in [0.15, 0.2) is 11.6 Å². The molecule has 13 nitrogen and oxygen atoms in total. The summed E-state index contributed by atoms with van der Waals surface area (Å²) in [5.41, 5.74) is 0.367. The molecule has 2 aliphatic heterocycles. The van der Waals surface area contributed by atoms with Crippen LogP contribution in [0.1, 0.15) is 17.4 Å². The third-order valence-electron chi connectivity index (χ3n) is 7.31. The van der Waals surface area contributed by atoms with Crippen molar-refractivity contribution in [1.82, 2.24) is 29.5 Å². The molecule has 0 aliphatic carbocycles. The first-order valence-electron chi connectivity index (χ1n) is 13.6. The number of anilines is 2. The molecule has 1 N–H and O–H groups in total. The summed E-state index contributed by atoms with van der Waals surface area (Å²) in [6.45, 7) is 3.57. The minimum absolute atomic E-state index is 0.123. The van der Waals surface area contributed by atoms with Gasteiger partial charge in [-0.15, -0.1) is 0 Å². The smallest absolute Gasteiger partial charge is 0.406 e. The van der Waals surface area contributed by atoms with E-state index in [4.69, 9.17) is 4.74 Å². The molecule has 0 bridgehead atoms. The molecule has 2 aromatic heterocycles. The Balaban J connectivity index is 1.16. The number of ether oxygens (including phenoxy) is 2. The highest BCUT2D eigenvalue weighted by atomic mass is 19.1. The van der Waals surface area contributed by atoms with Crippen molar-refractivity contribution in [2.45, 2.75) is 13.0 Å². The Kier molecular flexibility index (Phi) is 8.66. The van der Waals surface area contributed by atoms with Gasteiger partial charge in [-0.2, -0.15) is 0 Å². The number of piperazine rings is 1. The summed E-state index contributed by atoms with van der Waals surface area (Å²) in [4.78, 5) is 52.0. The number of nitrogens with zero attached hydrogens (tertiary/aromatic N) is 7. The summed E-state index contributed by atoms with van der Waals surface area (Å²) in [7, 11) is 1.26. The predicted octanol–water partition coefficient (Wildman–Crippen LogP) is 1.34. The van der Waals surface area contributed by atoms with Crippen LogP contribution in [0.3, 0.4) is 0 Å². The Bertz CT molecular complexity index is 1410. The first-order chi connectivity index (χ1) is 20.3. The lowest BCUT2D eigenvalue weighted by atomic mass is 10.2. The second-order valence-corrected chi connectivity index (χ2v) is 9.91. The minimum Gasteiger partial charge on any atom is -0.453 e. The number of hydrogen-bond acceptors (Lipinski definition) is 9. The molecule has 4 heterocycles. The summed E-state index contributed by atoms with van der Waals surface area (Å²) in [5, 5.41) is 2.54. The van der Waals surface area contributed by atoms with Crippen molar-refractivity contribution < 1.29 is 32.6 Å².